The molecule has 0 fully saturated rings. The Balaban J connectivity index is 0.989. The molecule has 59 heavy (non-hydrogen) atoms. The van der Waals surface area contributed by atoms with Crippen LogP contribution in [0.1, 0.15) is 26.3 Å². The van der Waals surface area contributed by atoms with E-state index in [-0.39, 0.29) is 5.41 Å². The third-order valence-corrected chi connectivity index (χ3v) is 12.5. The number of para-hydroxylation sites is 2. The molecular weight excluding hydrogens is 717 g/mol. The molecule has 0 unspecified atom stereocenters. The standard InChI is InChI=1S/C56H40N2O/c1-56(2,3)40-19-23-41(24-20-40)57(55-44(35-11-5-4-6-12-35)25-26-54-47(55)27-28-59-54)42-21-17-36-31-48-50(33-38(36)29-42)49-32-37-18-22-43(30-39(37)34-51(48)49)58-52-15-9-7-13-45(52)46-14-8-10-16-53(46)58/h4-34H,1-3H3. The van der Waals surface area contributed by atoms with Crippen molar-refractivity contribution in [1.29, 1.82) is 0 Å². The van der Waals surface area contributed by atoms with Crippen LogP contribution in [0.4, 0.5) is 17.1 Å². The van der Waals surface area contributed by atoms with E-state index in [4.69, 9.17) is 4.42 Å². The number of rotatable bonds is 5. The zero-order chi connectivity index (χ0) is 39.4. The Kier molecular flexibility index (Phi) is 7.19. The van der Waals surface area contributed by atoms with Crippen molar-refractivity contribution in [1.82, 2.24) is 4.57 Å². The van der Waals surface area contributed by atoms with Crippen molar-refractivity contribution in [3.8, 4) is 39.1 Å². The molecular formula is C56H40N2O. The molecule has 1 aliphatic rings. The zero-order valence-corrected chi connectivity index (χ0v) is 33.2. The summed E-state index contributed by atoms with van der Waals surface area (Å²) in [6.07, 6.45) is 1.80. The average Bonchev–Trinajstić information content (AvgIpc) is 3.89. The van der Waals surface area contributed by atoms with Crippen LogP contribution in [-0.2, 0) is 5.41 Å². The van der Waals surface area contributed by atoms with Crippen molar-refractivity contribution in [2.24, 2.45) is 0 Å². The van der Waals surface area contributed by atoms with Gasteiger partial charge < -0.3 is 13.9 Å². The van der Waals surface area contributed by atoms with Crippen LogP contribution in [0.3, 0.4) is 0 Å². The number of anilines is 3. The van der Waals surface area contributed by atoms with Gasteiger partial charge in [0.05, 0.1) is 23.0 Å². The highest BCUT2D eigenvalue weighted by atomic mass is 16.3. The van der Waals surface area contributed by atoms with Gasteiger partial charge in [0.1, 0.15) is 5.58 Å². The lowest BCUT2D eigenvalue weighted by Crippen LogP contribution is -2.14. The normalized spacial score (nSPS) is 12.3. The molecule has 0 radical (unpaired) electrons. The van der Waals surface area contributed by atoms with E-state index in [1.807, 2.05) is 0 Å². The first kappa shape index (κ1) is 33.7. The number of hydrogen-bond acceptors (Lipinski definition) is 2. The van der Waals surface area contributed by atoms with Crippen LogP contribution in [0.15, 0.2) is 193 Å². The van der Waals surface area contributed by atoms with E-state index in [1.54, 1.807) is 6.26 Å². The van der Waals surface area contributed by atoms with Crippen molar-refractivity contribution >= 4 is 71.4 Å². The van der Waals surface area contributed by atoms with Gasteiger partial charge >= 0.3 is 0 Å². The maximum absolute atomic E-state index is 6.04. The van der Waals surface area contributed by atoms with Gasteiger partial charge in [-0.3, -0.25) is 0 Å². The molecule has 1 aliphatic carbocycles. The first-order valence-electron chi connectivity index (χ1n) is 20.5. The minimum Gasteiger partial charge on any atom is -0.464 e. The second-order valence-corrected chi connectivity index (χ2v) is 17.0. The van der Waals surface area contributed by atoms with E-state index >= 15 is 0 Å². The second-order valence-electron chi connectivity index (χ2n) is 17.0. The lowest BCUT2D eigenvalue weighted by molar-refractivity contribution is 0.590. The van der Waals surface area contributed by atoms with Crippen molar-refractivity contribution in [2.45, 2.75) is 26.2 Å². The van der Waals surface area contributed by atoms with Crippen molar-refractivity contribution in [3.63, 3.8) is 0 Å². The third-order valence-electron chi connectivity index (χ3n) is 12.5. The molecule has 0 atom stereocenters. The summed E-state index contributed by atoms with van der Waals surface area (Å²) in [5.74, 6) is 0. The monoisotopic (exact) mass is 756 g/mol. The summed E-state index contributed by atoms with van der Waals surface area (Å²) in [7, 11) is 0. The molecule has 0 saturated heterocycles. The molecule has 2 aromatic heterocycles. The molecule has 0 amide bonds. The molecule has 0 saturated carbocycles. The number of aromatic nitrogens is 1. The summed E-state index contributed by atoms with van der Waals surface area (Å²) >= 11 is 0. The minimum absolute atomic E-state index is 0.0458. The van der Waals surface area contributed by atoms with Crippen molar-refractivity contribution < 1.29 is 4.42 Å². The number of furan rings is 1. The quantitative estimate of drug-likeness (QED) is 0.174. The first-order valence-corrected chi connectivity index (χ1v) is 20.5. The van der Waals surface area contributed by atoms with Crippen LogP contribution >= 0.6 is 0 Å². The fourth-order valence-electron chi connectivity index (χ4n) is 9.52. The third kappa shape index (κ3) is 5.21. The maximum atomic E-state index is 6.04. The van der Waals surface area contributed by atoms with Gasteiger partial charge in [-0.2, -0.15) is 0 Å². The van der Waals surface area contributed by atoms with Gasteiger partial charge in [0.25, 0.3) is 0 Å². The Morgan fingerprint density at radius 1 is 0.441 bits per heavy atom. The Morgan fingerprint density at radius 3 is 1.68 bits per heavy atom. The largest absolute Gasteiger partial charge is 0.464 e. The lowest BCUT2D eigenvalue weighted by atomic mass is 9.78. The number of benzene rings is 9. The smallest absolute Gasteiger partial charge is 0.136 e. The molecule has 0 N–H and O–H groups in total. The molecule has 3 nitrogen and oxygen atoms in total. The highest BCUT2D eigenvalue weighted by Gasteiger charge is 2.26. The minimum atomic E-state index is 0.0458. The fourth-order valence-corrected chi connectivity index (χ4v) is 9.52. The van der Waals surface area contributed by atoms with Gasteiger partial charge in [-0.25, -0.2) is 0 Å². The van der Waals surface area contributed by atoms with E-state index in [0.717, 1.165) is 39.2 Å². The Morgan fingerprint density at radius 2 is 1.02 bits per heavy atom. The van der Waals surface area contributed by atoms with Crippen LogP contribution < -0.4 is 4.90 Å². The fraction of sp³-hybridized carbons (Fsp3) is 0.0714. The van der Waals surface area contributed by atoms with E-state index in [1.165, 1.54) is 76.9 Å². The molecule has 0 aliphatic heterocycles. The van der Waals surface area contributed by atoms with Gasteiger partial charge in [0.15, 0.2) is 0 Å². The first-order chi connectivity index (χ1) is 28.9. The van der Waals surface area contributed by atoms with Gasteiger partial charge in [-0.15, -0.1) is 0 Å². The summed E-state index contributed by atoms with van der Waals surface area (Å²) in [6, 6.07) is 67.0. The zero-order valence-electron chi connectivity index (χ0n) is 33.2. The van der Waals surface area contributed by atoms with Crippen molar-refractivity contribution in [2.75, 3.05) is 4.90 Å². The molecule has 2 heterocycles. The van der Waals surface area contributed by atoms with E-state index in [2.05, 4.69) is 212 Å². The predicted molar refractivity (Wildman–Crippen MR) is 249 cm³/mol. The molecule has 280 valence electrons. The number of nitrogens with zero attached hydrogens (tertiary/aromatic N) is 2. The second kappa shape index (κ2) is 12.6. The molecule has 9 aromatic carbocycles. The SMILES string of the molecule is CC(C)(C)c1ccc(N(c2ccc3cc4c(cc3c2)-c2cc3ccc(-n5c6ccccc6c6ccccc65)cc3cc2-4)c2c(-c3ccccc3)ccc3occc23)cc1. The van der Waals surface area contributed by atoms with E-state index < -0.39 is 0 Å². The molecule has 11 aromatic rings. The van der Waals surface area contributed by atoms with Crippen LogP contribution in [-0.4, -0.2) is 4.57 Å². The topological polar surface area (TPSA) is 21.3 Å². The van der Waals surface area contributed by atoms with E-state index in [0.29, 0.717) is 0 Å². The van der Waals surface area contributed by atoms with Gasteiger partial charge in [0, 0.05) is 38.8 Å². The van der Waals surface area contributed by atoms with Crippen LogP contribution in [0, 0.1) is 0 Å². The predicted octanol–water partition coefficient (Wildman–Crippen LogP) is 15.9. The summed E-state index contributed by atoms with van der Waals surface area (Å²) in [6.45, 7) is 6.80. The van der Waals surface area contributed by atoms with Crippen LogP contribution in [0.5, 0.6) is 0 Å². The highest BCUT2D eigenvalue weighted by Crippen LogP contribution is 2.52. The van der Waals surface area contributed by atoms with E-state index in [9.17, 15) is 0 Å². The lowest BCUT2D eigenvalue weighted by Gasteiger charge is -2.30. The summed E-state index contributed by atoms with van der Waals surface area (Å²) in [5.41, 5.74) is 16.7. The number of hydrogen-bond donors (Lipinski definition) is 0. The van der Waals surface area contributed by atoms with Crippen LogP contribution in [0.2, 0.25) is 0 Å². The molecule has 3 heteroatoms. The Hall–Kier alpha value is -7.36. The average molecular weight is 757 g/mol. The highest BCUT2D eigenvalue weighted by molar-refractivity contribution is 6.14. The summed E-state index contributed by atoms with van der Waals surface area (Å²) in [5, 5.41) is 8.57. The summed E-state index contributed by atoms with van der Waals surface area (Å²) in [4.78, 5) is 2.42. The van der Waals surface area contributed by atoms with Gasteiger partial charge in [-0.1, -0.05) is 112 Å². The molecule has 12 rings (SSSR count). The van der Waals surface area contributed by atoms with Gasteiger partial charge in [-0.05, 0) is 151 Å². The molecule has 0 spiro atoms. The maximum Gasteiger partial charge on any atom is 0.136 e. The van der Waals surface area contributed by atoms with Crippen molar-refractivity contribution in [3.05, 3.63) is 194 Å². The Labute approximate surface area is 343 Å². The summed E-state index contributed by atoms with van der Waals surface area (Å²) < 4.78 is 8.44. The Bertz CT molecular complexity index is 3420. The van der Waals surface area contributed by atoms with Gasteiger partial charge in [0.2, 0.25) is 0 Å². The van der Waals surface area contributed by atoms with Crippen LogP contribution in [0.25, 0.3) is 93.4 Å². The number of fused-ring (bicyclic) bond motifs is 10. The molecule has 0 bridgehead atoms.